The van der Waals surface area contributed by atoms with Crippen LogP contribution in [0.1, 0.15) is 32.1 Å². The van der Waals surface area contributed by atoms with Crippen molar-refractivity contribution < 1.29 is 14.4 Å². The minimum Gasteiger partial charge on any atom is -0.392 e. The molecule has 0 saturated carbocycles. The van der Waals surface area contributed by atoms with Gasteiger partial charge in [0.05, 0.1) is 6.61 Å². The third kappa shape index (κ3) is 4.47. The smallest absolute Gasteiger partial charge is 0.324 e. The average Bonchev–Trinajstić information content (AvgIpc) is 3.11. The van der Waals surface area contributed by atoms with Gasteiger partial charge in [0.25, 0.3) is 0 Å². The molecule has 0 spiro atoms. The number of anilines is 3. The van der Waals surface area contributed by atoms with Gasteiger partial charge in [-0.15, -0.1) is 0 Å². The van der Waals surface area contributed by atoms with E-state index in [1.165, 1.54) is 0 Å². The number of benzene rings is 1. The van der Waals surface area contributed by atoms with E-state index in [1.807, 2.05) is 32.9 Å². The molecule has 0 aliphatic rings. The molecule has 146 valence electrons. The third-order valence-corrected chi connectivity index (χ3v) is 4.14. The molecule has 0 saturated heterocycles. The van der Waals surface area contributed by atoms with Crippen molar-refractivity contribution >= 4 is 23.4 Å². The molecule has 0 bridgehead atoms. The number of carbonyl (C=O) groups excluding carboxylic acids is 1. The molecule has 3 rings (SSSR count). The third-order valence-electron chi connectivity index (χ3n) is 4.14. The Hall–Kier alpha value is -3.39. The lowest BCUT2D eigenvalue weighted by Crippen LogP contribution is -2.19. The number of nitrogen functional groups attached to an aromatic ring is 1. The zero-order valence-electron chi connectivity index (χ0n) is 16.0. The number of hydrogen-bond acceptors (Lipinski definition) is 6. The number of pyridine rings is 1. The Kier molecular flexibility index (Phi) is 5.32. The van der Waals surface area contributed by atoms with E-state index in [2.05, 4.69) is 20.8 Å². The lowest BCUT2D eigenvalue weighted by atomic mass is 9.93. The van der Waals surface area contributed by atoms with Crippen molar-refractivity contribution in [3.05, 3.63) is 53.9 Å². The first-order valence-corrected chi connectivity index (χ1v) is 8.77. The number of aliphatic hydroxyl groups is 1. The van der Waals surface area contributed by atoms with Crippen LogP contribution in [0.4, 0.5) is 22.1 Å². The van der Waals surface area contributed by atoms with E-state index in [0.717, 1.165) is 11.1 Å². The van der Waals surface area contributed by atoms with Crippen LogP contribution >= 0.6 is 0 Å². The van der Waals surface area contributed by atoms with Crippen LogP contribution in [0, 0.1) is 0 Å². The van der Waals surface area contributed by atoms with Crippen molar-refractivity contribution in [2.75, 3.05) is 16.4 Å². The largest absolute Gasteiger partial charge is 0.392 e. The van der Waals surface area contributed by atoms with Gasteiger partial charge in [-0.1, -0.05) is 38.1 Å². The first-order valence-electron chi connectivity index (χ1n) is 8.77. The summed E-state index contributed by atoms with van der Waals surface area (Å²) in [5.74, 6) is 1.35. The maximum Gasteiger partial charge on any atom is 0.324 e. The summed E-state index contributed by atoms with van der Waals surface area (Å²) in [5, 5.41) is 18.6. The molecule has 2 heterocycles. The number of aliphatic hydroxyl groups excluding tert-OH is 1. The summed E-state index contributed by atoms with van der Waals surface area (Å²) in [6.45, 7) is 5.82. The first-order chi connectivity index (χ1) is 13.3. The highest BCUT2D eigenvalue weighted by atomic mass is 16.5. The van der Waals surface area contributed by atoms with E-state index in [4.69, 9.17) is 10.3 Å². The van der Waals surface area contributed by atoms with Gasteiger partial charge in [-0.25, -0.2) is 9.78 Å². The van der Waals surface area contributed by atoms with Gasteiger partial charge in [0, 0.05) is 34.5 Å². The summed E-state index contributed by atoms with van der Waals surface area (Å²) >= 11 is 0. The van der Waals surface area contributed by atoms with Crippen molar-refractivity contribution in [3.8, 4) is 11.1 Å². The fourth-order valence-electron chi connectivity index (χ4n) is 2.52. The van der Waals surface area contributed by atoms with Crippen LogP contribution < -0.4 is 16.4 Å². The van der Waals surface area contributed by atoms with Crippen molar-refractivity contribution in [2.45, 2.75) is 32.8 Å². The summed E-state index contributed by atoms with van der Waals surface area (Å²) in [4.78, 5) is 16.2. The molecule has 0 atom stereocenters. The van der Waals surface area contributed by atoms with Crippen LogP contribution in [-0.4, -0.2) is 21.3 Å². The number of urea groups is 1. The molecular formula is C20H23N5O3. The summed E-state index contributed by atoms with van der Waals surface area (Å²) in [6.07, 6.45) is 1.64. The van der Waals surface area contributed by atoms with Gasteiger partial charge >= 0.3 is 6.03 Å². The second-order valence-electron chi connectivity index (χ2n) is 7.41. The molecule has 2 aromatic heterocycles. The zero-order chi connectivity index (χ0) is 20.3. The van der Waals surface area contributed by atoms with Gasteiger partial charge in [0.1, 0.15) is 11.6 Å². The topological polar surface area (TPSA) is 126 Å². The molecule has 3 aromatic rings. The van der Waals surface area contributed by atoms with E-state index >= 15 is 0 Å². The van der Waals surface area contributed by atoms with Crippen LogP contribution in [0.15, 0.2) is 47.1 Å². The van der Waals surface area contributed by atoms with Crippen molar-refractivity contribution in [1.29, 1.82) is 0 Å². The van der Waals surface area contributed by atoms with Crippen molar-refractivity contribution in [3.63, 3.8) is 0 Å². The summed E-state index contributed by atoms with van der Waals surface area (Å²) in [5.41, 5.74) is 8.42. The predicted molar refractivity (Wildman–Crippen MR) is 108 cm³/mol. The van der Waals surface area contributed by atoms with Gasteiger partial charge in [-0.05, 0) is 23.8 Å². The second kappa shape index (κ2) is 7.69. The molecule has 2 amide bonds. The quantitative estimate of drug-likeness (QED) is 0.545. The first kappa shape index (κ1) is 19.4. The maximum atomic E-state index is 12.2. The summed E-state index contributed by atoms with van der Waals surface area (Å²) in [6, 6.07) is 10.3. The normalized spacial score (nSPS) is 11.3. The summed E-state index contributed by atoms with van der Waals surface area (Å²) < 4.78 is 5.25. The number of nitrogens with one attached hydrogen (secondary N) is 2. The van der Waals surface area contributed by atoms with Gasteiger partial charge in [-0.2, -0.15) is 0 Å². The monoisotopic (exact) mass is 381 g/mol. The predicted octanol–water partition coefficient (Wildman–Crippen LogP) is 3.75. The molecule has 8 nitrogen and oxygen atoms in total. The molecule has 0 radical (unpaired) electrons. The average molecular weight is 381 g/mol. The highest BCUT2D eigenvalue weighted by Crippen LogP contribution is 2.25. The SMILES string of the molecule is CC(C)(C)c1cc(NC(=O)Nc2ccc(-c3cnc(N)c(CO)c3)cc2)no1. The number of hydrogen-bond donors (Lipinski definition) is 4. The van der Waals surface area contributed by atoms with Gasteiger partial charge in [0.2, 0.25) is 0 Å². The Morgan fingerprint density at radius 1 is 1.14 bits per heavy atom. The van der Waals surface area contributed by atoms with Crippen LogP contribution in [-0.2, 0) is 12.0 Å². The van der Waals surface area contributed by atoms with Crippen LogP contribution in [0.5, 0.6) is 0 Å². The Bertz CT molecular complexity index is 974. The molecule has 8 heteroatoms. The van der Waals surface area contributed by atoms with E-state index < -0.39 is 6.03 Å². The molecule has 0 unspecified atom stereocenters. The second-order valence-corrected chi connectivity index (χ2v) is 7.41. The molecule has 0 fully saturated rings. The lowest BCUT2D eigenvalue weighted by molar-refractivity contribution is 0.262. The number of carbonyl (C=O) groups is 1. The fraction of sp³-hybridized carbons (Fsp3) is 0.250. The van der Waals surface area contributed by atoms with Crippen molar-refractivity contribution in [2.24, 2.45) is 0 Å². The zero-order valence-corrected chi connectivity index (χ0v) is 16.0. The lowest BCUT2D eigenvalue weighted by Gasteiger charge is -2.12. The van der Waals surface area contributed by atoms with Gasteiger partial charge < -0.3 is 20.7 Å². The molecule has 5 N–H and O–H groups in total. The highest BCUT2D eigenvalue weighted by Gasteiger charge is 2.20. The Labute approximate surface area is 162 Å². The fourth-order valence-corrected chi connectivity index (χ4v) is 2.52. The standard InChI is InChI=1S/C20H23N5O3/c1-20(2,3)16-9-17(25-28-16)24-19(27)23-15-6-4-12(5-7-15)13-8-14(11-26)18(21)22-10-13/h4-10,26H,11H2,1-3H3,(H2,21,22)(H2,23,24,25,27). The van der Waals surface area contributed by atoms with Gasteiger partial charge in [0.15, 0.2) is 5.82 Å². The number of aromatic nitrogens is 2. The minimum atomic E-state index is -0.418. The van der Waals surface area contributed by atoms with E-state index in [9.17, 15) is 9.90 Å². The number of rotatable bonds is 4. The number of nitrogens with two attached hydrogens (primary N) is 1. The maximum absolute atomic E-state index is 12.2. The molecule has 0 aliphatic carbocycles. The van der Waals surface area contributed by atoms with Gasteiger partial charge in [-0.3, -0.25) is 5.32 Å². The van der Waals surface area contributed by atoms with Crippen molar-refractivity contribution in [1.82, 2.24) is 10.1 Å². The van der Waals surface area contributed by atoms with E-state index in [-0.39, 0.29) is 12.0 Å². The van der Waals surface area contributed by atoms with E-state index in [1.54, 1.807) is 30.5 Å². The van der Waals surface area contributed by atoms with Crippen LogP contribution in [0.3, 0.4) is 0 Å². The van der Waals surface area contributed by atoms with E-state index in [0.29, 0.717) is 28.6 Å². The Morgan fingerprint density at radius 3 is 2.46 bits per heavy atom. The minimum absolute atomic E-state index is 0.175. The molecule has 1 aromatic carbocycles. The number of nitrogens with zero attached hydrogens (tertiary/aromatic N) is 2. The molecule has 0 aliphatic heterocycles. The Morgan fingerprint density at radius 2 is 1.86 bits per heavy atom. The highest BCUT2D eigenvalue weighted by molar-refractivity contribution is 5.99. The summed E-state index contributed by atoms with van der Waals surface area (Å²) in [7, 11) is 0. The number of amides is 2. The van der Waals surface area contributed by atoms with Crippen LogP contribution in [0.25, 0.3) is 11.1 Å². The van der Waals surface area contributed by atoms with Crippen LogP contribution in [0.2, 0.25) is 0 Å². The Balaban J connectivity index is 1.65. The molecular weight excluding hydrogens is 358 g/mol. The molecule has 28 heavy (non-hydrogen) atoms.